The van der Waals surface area contributed by atoms with Crippen molar-refractivity contribution in [2.45, 2.75) is 127 Å². The molecule has 0 aromatic heterocycles. The Labute approximate surface area is 649 Å². The summed E-state index contributed by atoms with van der Waals surface area (Å²) in [6.07, 6.45) is -6.20. The van der Waals surface area contributed by atoms with Crippen molar-refractivity contribution < 1.29 is 109 Å². The monoisotopic (exact) mass is 1600 g/mol. The molecule has 4 aromatic rings. The number of urea groups is 8. The van der Waals surface area contributed by atoms with Crippen LogP contribution in [-0.4, -0.2) is 361 Å². The van der Waals surface area contributed by atoms with E-state index in [-0.39, 0.29) is 147 Å². The fourth-order valence-electron chi connectivity index (χ4n) is 18.5. The van der Waals surface area contributed by atoms with Crippen molar-refractivity contribution in [2.24, 2.45) is 0 Å². The molecule has 0 spiro atoms. The van der Waals surface area contributed by atoms with Crippen LogP contribution in [-0.2, 0) is 66.7 Å². The van der Waals surface area contributed by atoms with Crippen LogP contribution in [0.15, 0.2) is 48.5 Å². The third-order valence-electron chi connectivity index (χ3n) is 23.8. The molecule has 13 aliphatic heterocycles. The fourth-order valence-corrected chi connectivity index (χ4v) is 20.4. The van der Waals surface area contributed by atoms with E-state index in [1.165, 1.54) is 78.4 Å². The standard InChI is InChI=1S/C62H72N16O24S4.2Mg/c1-59-61(3)75-31-67-49-47-63(51(67)79)29-65-48-50-69(53(65)81)33-77-57(85)73-27-39-43(101-19-7-23-105(93,94)95)15-11-36-12-16-44(102-20-8-24-106(96,97)98)40(46(36)39)28-74-58(86)78(62(77,4)60(73,74)2)34-70(50)54(82)66(48)30-64(47)52(80)68(49)32-76(61)56(84)72(59)26-38-42(100-18-6-22-104(90,91)92)14-10-35-9-13-41(99-17-5-21-103(87,88)89)37(45(35)38)25-71(59)55(75)83;;/h9-16,47-50H,5-8,17-34H2,1-4H3,(H,87,88,89)(H,90,91,92)(H,93,94,95)(H,96,97,98);;/q;2*+2/p-4. The molecule has 0 atom stereocenters. The first-order valence-corrected chi connectivity index (χ1v) is 40.3. The van der Waals surface area contributed by atoms with Crippen molar-refractivity contribution >= 4 is 156 Å². The molecular formula is C62H68Mg2N16O24S4. The third-order valence-corrected chi connectivity index (χ3v) is 26.9. The Balaban J connectivity index is 0.00000465. The van der Waals surface area contributed by atoms with Gasteiger partial charge >= 0.3 is 94.4 Å². The zero-order valence-corrected chi connectivity index (χ0v) is 64.6. The van der Waals surface area contributed by atoms with Crippen LogP contribution in [0.1, 0.15) is 75.6 Å². The number of carbonyl (C=O) groups excluding carboxylic acids is 8. The summed E-state index contributed by atoms with van der Waals surface area (Å²) in [5, 5.41) is 1.95. The van der Waals surface area contributed by atoms with Gasteiger partial charge in [-0.15, -0.1) is 0 Å². The maximum absolute atomic E-state index is 15.9. The number of nitrogens with zero attached hydrogens (tertiary/aromatic N) is 16. The second-order valence-corrected chi connectivity index (χ2v) is 35.0. The van der Waals surface area contributed by atoms with Gasteiger partial charge in [0.1, 0.15) is 63.0 Å². The van der Waals surface area contributed by atoms with E-state index >= 15 is 38.4 Å². The average Bonchev–Trinajstić information content (AvgIpc) is 1.49. The van der Waals surface area contributed by atoms with E-state index in [9.17, 15) is 51.9 Å². The predicted molar refractivity (Wildman–Crippen MR) is 363 cm³/mol. The summed E-state index contributed by atoms with van der Waals surface area (Å²) in [6, 6.07) is 7.17. The summed E-state index contributed by atoms with van der Waals surface area (Å²) in [5.41, 5.74) is -5.68. The predicted octanol–water partition coefficient (Wildman–Crippen LogP) is 0.0710. The topological polar surface area (TPSA) is 454 Å². The Bertz CT molecular complexity index is 4560. The first-order chi connectivity index (χ1) is 49.9. The molecule has 13 heterocycles. The van der Waals surface area contributed by atoms with Gasteiger partial charge in [-0.3, -0.25) is 78.4 Å². The molecule has 0 unspecified atom stereocenters. The molecule has 568 valence electrons. The first kappa shape index (κ1) is 75.4. The fraction of sp³-hybridized carbons (Fsp3) is 0.548. The van der Waals surface area contributed by atoms with Gasteiger partial charge in [-0.1, -0.05) is 24.3 Å². The van der Waals surface area contributed by atoms with E-state index in [1.807, 2.05) is 0 Å². The minimum atomic E-state index is -4.66. The molecule has 11 fully saturated rings. The second kappa shape index (κ2) is 25.2. The number of amides is 16. The molecule has 16 amide bonds. The van der Waals surface area contributed by atoms with E-state index in [1.54, 1.807) is 76.2 Å². The normalized spacial score (nSPS) is 27.9. The molecule has 11 saturated heterocycles. The van der Waals surface area contributed by atoms with Gasteiger partial charge < -0.3 is 37.2 Å². The van der Waals surface area contributed by atoms with E-state index in [4.69, 9.17) is 18.9 Å². The van der Waals surface area contributed by atoms with Gasteiger partial charge in [-0.25, -0.2) is 72.0 Å². The smallest absolute Gasteiger partial charge is 0.748 e. The number of hydrogen-bond acceptors (Lipinski definition) is 24. The zero-order chi connectivity index (χ0) is 75.1. The van der Waals surface area contributed by atoms with Crippen molar-refractivity contribution in [1.82, 2.24) is 78.4 Å². The van der Waals surface area contributed by atoms with Gasteiger partial charge in [-0.2, -0.15) is 0 Å². The van der Waals surface area contributed by atoms with Crippen molar-refractivity contribution in [2.75, 3.05) is 89.5 Å². The second-order valence-electron chi connectivity index (χ2n) is 28.9. The van der Waals surface area contributed by atoms with Gasteiger partial charge in [0, 0.05) is 45.3 Å². The van der Waals surface area contributed by atoms with Crippen molar-refractivity contribution in [1.29, 1.82) is 0 Å². The molecule has 4 aromatic carbocycles. The number of rotatable bonds is 20. The van der Waals surface area contributed by atoms with E-state index in [0.29, 0.717) is 43.8 Å². The van der Waals surface area contributed by atoms with Gasteiger partial charge in [0.15, 0.2) is 47.3 Å². The molecule has 0 saturated carbocycles. The Morgan fingerprint density at radius 2 is 0.509 bits per heavy atom. The third kappa shape index (κ3) is 10.7. The summed E-state index contributed by atoms with van der Waals surface area (Å²) in [7, 11) is -18.6. The summed E-state index contributed by atoms with van der Waals surface area (Å²) >= 11 is 0. The van der Waals surface area contributed by atoms with Crippen molar-refractivity contribution in [3.05, 3.63) is 70.8 Å². The van der Waals surface area contributed by atoms with Crippen LogP contribution in [0.3, 0.4) is 0 Å². The number of ether oxygens (including phenoxy) is 4. The molecular weight excluding hydrogens is 1530 g/mol. The van der Waals surface area contributed by atoms with Crippen LogP contribution >= 0.6 is 0 Å². The zero-order valence-electron chi connectivity index (χ0n) is 58.5. The molecule has 13 aliphatic rings. The number of hydrogen-bond donors (Lipinski definition) is 0. The average molecular weight is 1600 g/mol. The van der Waals surface area contributed by atoms with Gasteiger partial charge in [0.25, 0.3) is 0 Å². The molecule has 46 heteroatoms. The summed E-state index contributed by atoms with van der Waals surface area (Å²) in [6.45, 7) is 0.528. The first-order valence-electron chi connectivity index (χ1n) is 34.0. The van der Waals surface area contributed by atoms with Crippen LogP contribution < -0.4 is 18.9 Å². The molecule has 17 rings (SSSR count). The maximum atomic E-state index is 15.9. The van der Waals surface area contributed by atoms with E-state index < -0.39 is 199 Å². The molecule has 0 radical (unpaired) electrons. The van der Waals surface area contributed by atoms with E-state index in [0.717, 1.165) is 0 Å². The van der Waals surface area contributed by atoms with Gasteiger partial charge in [-0.05, 0) is 99.2 Å². The maximum Gasteiger partial charge on any atom is 2.00 e. The molecule has 40 nitrogen and oxygen atoms in total. The van der Waals surface area contributed by atoms with Crippen LogP contribution in [0, 0.1) is 0 Å². The molecule has 0 bridgehead atoms. The number of carbonyl (C=O) groups is 8. The van der Waals surface area contributed by atoms with Gasteiger partial charge in [0.2, 0.25) is 0 Å². The Morgan fingerprint density at radius 3 is 0.713 bits per heavy atom. The molecule has 0 aliphatic carbocycles. The summed E-state index contributed by atoms with van der Waals surface area (Å²) in [4.78, 5) is 148. The van der Waals surface area contributed by atoms with Crippen LogP contribution in [0.4, 0.5) is 38.4 Å². The molecule has 0 N–H and O–H groups in total. The summed E-state index contributed by atoms with van der Waals surface area (Å²) in [5.74, 6) is -2.40. The minimum Gasteiger partial charge on any atom is -0.748 e. The quantitative estimate of drug-likeness (QED) is 0.0642. The van der Waals surface area contributed by atoms with Crippen molar-refractivity contribution in [3.63, 3.8) is 0 Å². The molecule has 108 heavy (non-hydrogen) atoms. The minimum absolute atomic E-state index is 0. The van der Waals surface area contributed by atoms with Crippen LogP contribution in [0.5, 0.6) is 23.0 Å². The summed E-state index contributed by atoms with van der Waals surface area (Å²) < 4.78 is 165. The Morgan fingerprint density at radius 1 is 0.315 bits per heavy atom. The number of benzene rings is 4. The van der Waals surface area contributed by atoms with Crippen molar-refractivity contribution in [3.8, 4) is 23.0 Å². The SMILES string of the molecule is CC12N3Cc4c(OCCCS(=O)(=O)[O-])ccc5ccc(OCCCS(=O)(=O)[O-])c(c45)CN1C(=O)N1CN4C(=O)N5CN6C(=O)N7CN8C(=O)N9Cc%10c(OCCCS(=O)(=O)[O-])ccc%11ccc(OCCCS(=O)(=O)[O-])c(c%10%11)CN%10C(=O)N(CN%11C(=O)N(CN%12C(=O)N(CN(C3=O)C12C)C4C%125)C6C%117)C8(C)C%109C.[Mg+2].[Mg+2]. The Hall–Kier alpha value is -8.07. The van der Waals surface area contributed by atoms with Crippen LogP contribution in [0.25, 0.3) is 21.5 Å². The van der Waals surface area contributed by atoms with E-state index in [2.05, 4.69) is 0 Å². The largest absolute Gasteiger partial charge is 2.00 e. The van der Waals surface area contributed by atoms with Crippen LogP contribution in [0.2, 0.25) is 0 Å². The van der Waals surface area contributed by atoms with Gasteiger partial charge in [0.05, 0.1) is 93.1 Å². The Kier molecular flexibility index (Phi) is 17.6.